The summed E-state index contributed by atoms with van der Waals surface area (Å²) in [5.41, 5.74) is -0.0572. The van der Waals surface area contributed by atoms with Crippen LogP contribution >= 0.6 is 0 Å². The molecule has 2 rings (SSSR count). The molecule has 2 N–H and O–H groups in total. The number of hydrogen-bond acceptors (Lipinski definition) is 7. The number of amides is 2. The van der Waals surface area contributed by atoms with Crippen LogP contribution in [0, 0.1) is 10.1 Å². The van der Waals surface area contributed by atoms with Crippen LogP contribution in [0.25, 0.3) is 0 Å². The highest BCUT2D eigenvalue weighted by atomic mass is 16.6. The molecule has 0 unspecified atom stereocenters. The lowest BCUT2D eigenvalue weighted by Crippen LogP contribution is -2.32. The maximum atomic E-state index is 11.9. The summed E-state index contributed by atoms with van der Waals surface area (Å²) in [4.78, 5) is 45.7. The topological polar surface area (TPSA) is 137 Å². The van der Waals surface area contributed by atoms with Gasteiger partial charge in [0.05, 0.1) is 18.1 Å². The highest BCUT2D eigenvalue weighted by molar-refractivity contribution is 5.97. The van der Waals surface area contributed by atoms with E-state index in [0.29, 0.717) is 5.56 Å². The molecule has 0 aromatic heterocycles. The van der Waals surface area contributed by atoms with E-state index in [4.69, 9.17) is 9.47 Å². The van der Waals surface area contributed by atoms with Gasteiger partial charge in [0.1, 0.15) is 18.0 Å². The van der Waals surface area contributed by atoms with E-state index in [-0.39, 0.29) is 17.1 Å². The standard InChI is InChI=1S/C18H17N3O7/c1-27-13-7-8-14(15(9-13)21(25)26)20-16(22)11-28-17(23)10-19-18(24)12-5-3-2-4-6-12/h2-9H,10-11H2,1H3,(H,19,24)(H,20,22). The fourth-order valence-electron chi connectivity index (χ4n) is 2.12. The summed E-state index contributed by atoms with van der Waals surface area (Å²) in [5, 5.41) is 15.7. The van der Waals surface area contributed by atoms with E-state index >= 15 is 0 Å². The summed E-state index contributed by atoms with van der Waals surface area (Å²) in [5.74, 6) is -1.80. The lowest BCUT2D eigenvalue weighted by atomic mass is 10.2. The van der Waals surface area contributed by atoms with Crippen molar-refractivity contribution in [3.05, 3.63) is 64.2 Å². The highest BCUT2D eigenvalue weighted by Gasteiger charge is 2.18. The zero-order valence-electron chi connectivity index (χ0n) is 14.8. The third kappa shape index (κ3) is 5.80. The van der Waals surface area contributed by atoms with Crippen molar-refractivity contribution in [2.45, 2.75) is 0 Å². The lowest BCUT2D eigenvalue weighted by Gasteiger charge is -2.09. The normalized spacial score (nSPS) is 9.89. The second kappa shape index (κ2) is 9.67. The molecule has 10 nitrogen and oxygen atoms in total. The van der Waals surface area contributed by atoms with Crippen molar-refractivity contribution in [3.63, 3.8) is 0 Å². The van der Waals surface area contributed by atoms with Crippen LogP contribution in [0.4, 0.5) is 11.4 Å². The molecule has 28 heavy (non-hydrogen) atoms. The Balaban J connectivity index is 1.83. The second-order valence-electron chi connectivity index (χ2n) is 5.40. The molecule has 0 saturated carbocycles. The predicted molar refractivity (Wildman–Crippen MR) is 98.0 cm³/mol. The summed E-state index contributed by atoms with van der Waals surface area (Å²) in [7, 11) is 1.35. The molecular formula is C18H17N3O7. The first-order valence-electron chi connectivity index (χ1n) is 8.02. The van der Waals surface area contributed by atoms with Gasteiger partial charge < -0.3 is 20.1 Å². The average Bonchev–Trinajstić information content (AvgIpc) is 2.71. The monoisotopic (exact) mass is 387 g/mol. The molecule has 0 aliphatic heterocycles. The Bertz CT molecular complexity index is 884. The maximum Gasteiger partial charge on any atom is 0.325 e. The third-order valence-corrected chi connectivity index (χ3v) is 3.47. The molecule has 0 fully saturated rings. The van der Waals surface area contributed by atoms with Crippen LogP contribution < -0.4 is 15.4 Å². The van der Waals surface area contributed by atoms with Crippen molar-refractivity contribution in [2.24, 2.45) is 0 Å². The predicted octanol–water partition coefficient (Wildman–Crippen LogP) is 1.52. The molecule has 0 aliphatic rings. The minimum Gasteiger partial charge on any atom is -0.496 e. The molecule has 0 bridgehead atoms. The number of nitro benzene ring substituents is 1. The Morgan fingerprint density at radius 1 is 1.11 bits per heavy atom. The third-order valence-electron chi connectivity index (χ3n) is 3.47. The van der Waals surface area contributed by atoms with Crippen LogP contribution in [0.5, 0.6) is 5.75 Å². The number of methoxy groups -OCH3 is 1. The van der Waals surface area contributed by atoms with Crippen molar-refractivity contribution in [1.82, 2.24) is 5.32 Å². The van der Waals surface area contributed by atoms with E-state index in [9.17, 15) is 24.5 Å². The van der Waals surface area contributed by atoms with Crippen molar-refractivity contribution in [2.75, 3.05) is 25.6 Å². The first-order valence-corrected chi connectivity index (χ1v) is 8.02. The fourth-order valence-corrected chi connectivity index (χ4v) is 2.12. The molecular weight excluding hydrogens is 370 g/mol. The Labute approximate surface area is 159 Å². The Kier molecular flexibility index (Phi) is 7.03. The summed E-state index contributed by atoms with van der Waals surface area (Å²) >= 11 is 0. The van der Waals surface area contributed by atoms with Crippen molar-refractivity contribution >= 4 is 29.2 Å². The van der Waals surface area contributed by atoms with Gasteiger partial charge in [-0.3, -0.25) is 24.5 Å². The van der Waals surface area contributed by atoms with Crippen LogP contribution in [0.2, 0.25) is 0 Å². The van der Waals surface area contributed by atoms with E-state index < -0.39 is 35.9 Å². The van der Waals surface area contributed by atoms with Gasteiger partial charge in [0.25, 0.3) is 17.5 Å². The number of nitrogens with one attached hydrogen (secondary N) is 2. The first-order chi connectivity index (χ1) is 13.4. The minimum atomic E-state index is -0.830. The van der Waals surface area contributed by atoms with Crippen LogP contribution in [0.3, 0.4) is 0 Å². The number of carbonyl (C=O) groups excluding carboxylic acids is 3. The molecule has 2 aromatic carbocycles. The number of nitro groups is 1. The molecule has 146 valence electrons. The van der Waals surface area contributed by atoms with E-state index in [1.807, 2.05) is 0 Å². The lowest BCUT2D eigenvalue weighted by molar-refractivity contribution is -0.384. The zero-order valence-corrected chi connectivity index (χ0v) is 14.8. The molecule has 0 atom stereocenters. The van der Waals surface area contributed by atoms with Crippen molar-refractivity contribution < 1.29 is 28.8 Å². The molecule has 2 aromatic rings. The van der Waals surface area contributed by atoms with E-state index in [1.165, 1.54) is 19.2 Å². The van der Waals surface area contributed by atoms with Gasteiger partial charge in [0.2, 0.25) is 0 Å². The summed E-state index contributed by atoms with van der Waals surface area (Å²) in [6, 6.07) is 12.2. The van der Waals surface area contributed by atoms with Gasteiger partial charge in [-0.2, -0.15) is 0 Å². The SMILES string of the molecule is COc1ccc(NC(=O)COC(=O)CNC(=O)c2ccccc2)c([N+](=O)[O-])c1. The largest absolute Gasteiger partial charge is 0.496 e. The Morgan fingerprint density at radius 3 is 2.46 bits per heavy atom. The van der Waals surface area contributed by atoms with Gasteiger partial charge in [-0.05, 0) is 24.3 Å². The Hall–Kier alpha value is -3.95. The van der Waals surface area contributed by atoms with Crippen molar-refractivity contribution in [1.29, 1.82) is 0 Å². The number of nitrogens with zero attached hydrogens (tertiary/aromatic N) is 1. The van der Waals surface area contributed by atoms with Gasteiger partial charge >= 0.3 is 5.97 Å². The first kappa shape index (κ1) is 20.4. The number of carbonyl (C=O) groups is 3. The number of anilines is 1. The van der Waals surface area contributed by atoms with E-state index in [2.05, 4.69) is 10.6 Å². The molecule has 0 heterocycles. The van der Waals surface area contributed by atoms with Gasteiger partial charge in [0, 0.05) is 5.56 Å². The molecule has 0 spiro atoms. The molecule has 2 amide bonds. The summed E-state index contributed by atoms with van der Waals surface area (Å²) in [6.45, 7) is -1.09. The molecule has 10 heteroatoms. The van der Waals surface area contributed by atoms with E-state index in [0.717, 1.165) is 6.07 Å². The number of hydrogen-bond donors (Lipinski definition) is 2. The molecule has 0 aliphatic carbocycles. The van der Waals surface area contributed by atoms with Crippen LogP contribution in [0.15, 0.2) is 48.5 Å². The van der Waals surface area contributed by atoms with Gasteiger partial charge in [-0.25, -0.2) is 0 Å². The summed E-state index contributed by atoms with van der Waals surface area (Å²) < 4.78 is 9.65. The number of rotatable bonds is 8. The van der Waals surface area contributed by atoms with Gasteiger partial charge in [0.15, 0.2) is 6.61 Å². The number of ether oxygens (including phenoxy) is 2. The zero-order chi connectivity index (χ0) is 20.5. The van der Waals surface area contributed by atoms with Gasteiger partial charge in [-0.15, -0.1) is 0 Å². The van der Waals surface area contributed by atoms with E-state index in [1.54, 1.807) is 30.3 Å². The maximum absolute atomic E-state index is 11.9. The minimum absolute atomic E-state index is 0.0655. The van der Waals surface area contributed by atoms with Crippen LogP contribution in [-0.4, -0.2) is 43.0 Å². The van der Waals surface area contributed by atoms with Gasteiger partial charge in [-0.1, -0.05) is 18.2 Å². The average molecular weight is 387 g/mol. The summed E-state index contributed by atoms with van der Waals surface area (Å²) in [6.07, 6.45) is 0. The van der Waals surface area contributed by atoms with Crippen molar-refractivity contribution in [3.8, 4) is 5.75 Å². The molecule has 0 saturated heterocycles. The fraction of sp³-hybridized carbons (Fsp3) is 0.167. The second-order valence-corrected chi connectivity index (χ2v) is 5.40. The molecule has 0 radical (unpaired) electrons. The number of esters is 1. The van der Waals surface area contributed by atoms with Crippen LogP contribution in [-0.2, 0) is 14.3 Å². The quantitative estimate of drug-likeness (QED) is 0.398. The smallest absolute Gasteiger partial charge is 0.325 e. The Morgan fingerprint density at radius 2 is 1.82 bits per heavy atom. The number of benzene rings is 2. The highest BCUT2D eigenvalue weighted by Crippen LogP contribution is 2.28. The van der Waals surface area contributed by atoms with Crippen LogP contribution in [0.1, 0.15) is 10.4 Å².